The normalized spacial score (nSPS) is 11.1. The molecule has 4 aromatic carbocycles. The molecule has 0 bridgehead atoms. The van der Waals surface area contributed by atoms with Gasteiger partial charge in [0.15, 0.2) is 65.7 Å². The average molecular weight is 791 g/mol. The summed E-state index contributed by atoms with van der Waals surface area (Å²) in [5, 5.41) is 20.6. The maximum absolute atomic E-state index is 13.4. The highest BCUT2D eigenvalue weighted by atomic mass is 32.2. The summed E-state index contributed by atoms with van der Waals surface area (Å²) < 4.78 is 50.0. The molecule has 0 spiro atoms. The number of benzene rings is 4. The molecule has 0 radical (unpaired) electrons. The van der Waals surface area contributed by atoms with E-state index in [4.69, 9.17) is 17.7 Å². The number of hydrogen-bond acceptors (Lipinski definition) is 8. The number of hydrogen-bond donors (Lipinski definition) is 2. The minimum atomic E-state index is -0.695. The molecule has 56 heavy (non-hydrogen) atoms. The maximum Gasteiger partial charge on any atom is 0.325 e. The van der Waals surface area contributed by atoms with Crippen molar-refractivity contribution in [3.8, 4) is 34.5 Å². The monoisotopic (exact) mass is 790 g/mol. The van der Waals surface area contributed by atoms with E-state index in [2.05, 4.69) is 0 Å². The van der Waals surface area contributed by atoms with Crippen LogP contribution in [-0.4, -0.2) is 21.8 Å². The van der Waals surface area contributed by atoms with Gasteiger partial charge in [0.1, 0.15) is 44.9 Å². The van der Waals surface area contributed by atoms with Gasteiger partial charge in [0.05, 0.1) is 0 Å². The van der Waals surface area contributed by atoms with Crippen LogP contribution in [0.1, 0.15) is 35.0 Å². The van der Waals surface area contributed by atoms with Crippen LogP contribution in [-0.2, 0) is 21.8 Å². The fourth-order valence-corrected chi connectivity index (χ4v) is 9.35. The Kier molecular flexibility index (Phi) is 11.1. The molecule has 12 heteroatoms. The van der Waals surface area contributed by atoms with Crippen LogP contribution in [0.4, 0.5) is 8.78 Å². The Morgan fingerprint density at radius 1 is 0.411 bits per heavy atom. The number of aromatic hydroxyl groups is 2. The SMILES string of the molecule is CC(=O)c1ccc(-c2ccc([S+](c3ccc(F)cc3)c3ccc(F)cc3)o2)o1.CC(=O)c1ccc(-c2ccc([S+](c3ccc(O)cc3)c3ccc(O)cc3)o2)o1. The Morgan fingerprint density at radius 3 is 1.00 bits per heavy atom. The van der Waals surface area contributed by atoms with E-state index in [1.165, 1.54) is 38.1 Å². The van der Waals surface area contributed by atoms with Gasteiger partial charge in [-0.1, -0.05) is 0 Å². The number of carbonyl (C=O) groups is 2. The number of ketones is 2. The van der Waals surface area contributed by atoms with Crippen LogP contribution in [0.15, 0.2) is 193 Å². The van der Waals surface area contributed by atoms with E-state index in [-0.39, 0.29) is 46.2 Å². The standard InChI is InChI=1S/C22H15F2O3S.C22H16O5S/c1-14(25)19-10-11-20(26-19)21-12-13-22(27-21)28(17-6-2-15(23)3-7-17)18-8-4-16(24)5-9-18;1-14(23)19-10-11-20(26-19)21-12-13-22(27-21)28(17-6-2-15(24)3-7-17)18-8-4-16(25)5-9-18/h2-13H,1H3;2-13H,1H3,(H-,24,25)/q+1;/p+1. The average Bonchev–Trinajstić information content (AvgIpc) is 4.03. The van der Waals surface area contributed by atoms with Gasteiger partial charge in [-0.3, -0.25) is 9.59 Å². The third kappa shape index (κ3) is 8.57. The fraction of sp³-hybridized carbons (Fsp3) is 0.0455. The van der Waals surface area contributed by atoms with Gasteiger partial charge in [-0.15, -0.1) is 0 Å². The molecule has 0 aliphatic carbocycles. The van der Waals surface area contributed by atoms with Crippen LogP contribution >= 0.6 is 0 Å². The second kappa shape index (κ2) is 16.5. The number of halogens is 2. The van der Waals surface area contributed by atoms with Gasteiger partial charge in [-0.2, -0.15) is 0 Å². The zero-order chi connectivity index (χ0) is 39.3. The van der Waals surface area contributed by atoms with Crippen LogP contribution in [0.2, 0.25) is 0 Å². The molecule has 0 aliphatic rings. The predicted octanol–water partition coefficient (Wildman–Crippen LogP) is 11.4. The molecule has 0 saturated carbocycles. The van der Waals surface area contributed by atoms with Crippen LogP contribution < -0.4 is 0 Å². The van der Waals surface area contributed by atoms with Crippen molar-refractivity contribution in [2.24, 2.45) is 0 Å². The van der Waals surface area contributed by atoms with Crippen molar-refractivity contribution in [2.45, 2.75) is 43.6 Å². The van der Waals surface area contributed by atoms with E-state index in [9.17, 15) is 28.6 Å². The summed E-state index contributed by atoms with van der Waals surface area (Å²) >= 11 is 0. The molecule has 0 amide bonds. The number of carbonyl (C=O) groups excluding carboxylic acids is 2. The van der Waals surface area contributed by atoms with Crippen molar-refractivity contribution in [3.63, 3.8) is 0 Å². The van der Waals surface area contributed by atoms with Crippen molar-refractivity contribution in [2.75, 3.05) is 0 Å². The summed E-state index contributed by atoms with van der Waals surface area (Å²) in [5.74, 6) is 1.85. The minimum Gasteiger partial charge on any atom is -0.508 e. The van der Waals surface area contributed by atoms with Gasteiger partial charge in [0, 0.05) is 26.0 Å². The molecular weight excluding hydrogens is 759 g/mol. The first kappa shape index (κ1) is 37.8. The third-order valence-corrected chi connectivity index (χ3v) is 12.4. The summed E-state index contributed by atoms with van der Waals surface area (Å²) in [6, 6.07) is 40.0. The summed E-state index contributed by atoms with van der Waals surface area (Å²) in [7, 11) is -1.28. The minimum absolute atomic E-state index is 0.147. The number of phenolic OH excluding ortho intramolecular Hbond substituents is 2. The van der Waals surface area contributed by atoms with E-state index in [0.717, 1.165) is 19.6 Å². The topological polar surface area (TPSA) is 127 Å². The maximum atomic E-state index is 13.4. The Hall–Kier alpha value is -6.50. The summed E-state index contributed by atoms with van der Waals surface area (Å²) in [4.78, 5) is 26.5. The lowest BCUT2D eigenvalue weighted by Crippen LogP contribution is -2.03. The van der Waals surface area contributed by atoms with Crippen molar-refractivity contribution in [1.82, 2.24) is 0 Å². The van der Waals surface area contributed by atoms with Gasteiger partial charge >= 0.3 is 10.2 Å². The van der Waals surface area contributed by atoms with Gasteiger partial charge in [0.25, 0.3) is 0 Å². The quantitative estimate of drug-likeness (QED) is 0.104. The van der Waals surface area contributed by atoms with E-state index in [1.54, 1.807) is 91.0 Å². The Balaban J connectivity index is 0.000000172. The van der Waals surface area contributed by atoms with Crippen molar-refractivity contribution in [1.29, 1.82) is 0 Å². The highest BCUT2D eigenvalue weighted by Crippen LogP contribution is 2.37. The van der Waals surface area contributed by atoms with E-state index in [1.807, 2.05) is 30.3 Å². The lowest BCUT2D eigenvalue weighted by Gasteiger charge is -2.05. The first-order valence-corrected chi connectivity index (χ1v) is 19.5. The zero-order valence-electron chi connectivity index (χ0n) is 29.8. The highest BCUT2D eigenvalue weighted by Gasteiger charge is 2.34. The second-order valence-electron chi connectivity index (χ2n) is 12.2. The molecule has 0 saturated heterocycles. The van der Waals surface area contributed by atoms with Gasteiger partial charge in [0.2, 0.25) is 0 Å². The Morgan fingerprint density at radius 2 is 0.696 bits per heavy atom. The van der Waals surface area contributed by atoms with Crippen LogP contribution in [0.5, 0.6) is 11.5 Å². The first-order chi connectivity index (χ1) is 27.0. The summed E-state index contributed by atoms with van der Waals surface area (Å²) in [6.07, 6.45) is 0. The molecule has 0 aliphatic heterocycles. The summed E-state index contributed by atoms with van der Waals surface area (Å²) in [6.45, 7) is 2.87. The van der Waals surface area contributed by atoms with Crippen LogP contribution in [0.3, 0.4) is 0 Å². The van der Waals surface area contributed by atoms with E-state index in [0.29, 0.717) is 33.2 Å². The molecule has 0 atom stereocenters. The molecule has 0 unspecified atom stereocenters. The largest absolute Gasteiger partial charge is 0.508 e. The molecule has 4 aromatic heterocycles. The summed E-state index contributed by atoms with van der Waals surface area (Å²) in [5.41, 5.74) is 0. The van der Waals surface area contributed by atoms with Crippen molar-refractivity contribution < 1.29 is 46.3 Å². The highest BCUT2D eigenvalue weighted by molar-refractivity contribution is 7.97. The number of furan rings is 4. The third-order valence-electron chi connectivity index (χ3n) is 8.20. The lowest BCUT2D eigenvalue weighted by atomic mass is 10.3. The fourth-order valence-electron chi connectivity index (χ4n) is 5.49. The molecule has 2 N–H and O–H groups in total. The van der Waals surface area contributed by atoms with Crippen LogP contribution in [0, 0.1) is 11.6 Å². The van der Waals surface area contributed by atoms with Crippen LogP contribution in [0.25, 0.3) is 23.0 Å². The van der Waals surface area contributed by atoms with Gasteiger partial charge in [-0.05, 0) is 133 Å². The lowest BCUT2D eigenvalue weighted by molar-refractivity contribution is 0.0980. The molecule has 8 rings (SSSR count). The molecule has 280 valence electrons. The van der Waals surface area contributed by atoms with E-state index >= 15 is 0 Å². The van der Waals surface area contributed by atoms with E-state index < -0.39 is 21.8 Å². The van der Waals surface area contributed by atoms with Gasteiger partial charge < -0.3 is 27.9 Å². The predicted molar refractivity (Wildman–Crippen MR) is 206 cm³/mol. The van der Waals surface area contributed by atoms with Gasteiger partial charge in [-0.25, -0.2) is 8.78 Å². The van der Waals surface area contributed by atoms with Crippen molar-refractivity contribution in [3.05, 3.63) is 169 Å². The molecule has 4 heterocycles. The number of phenols is 2. The molecular formula is C44H32F2O8S2+2. The molecule has 8 nitrogen and oxygen atoms in total. The Bertz CT molecular complexity index is 2310. The Labute approximate surface area is 325 Å². The van der Waals surface area contributed by atoms with Crippen molar-refractivity contribution >= 4 is 33.4 Å². The molecule has 0 fully saturated rings. The second-order valence-corrected chi connectivity index (χ2v) is 16.1. The first-order valence-electron chi connectivity index (χ1n) is 17.0. The zero-order valence-corrected chi connectivity index (χ0v) is 31.4. The number of rotatable bonds is 10. The smallest absolute Gasteiger partial charge is 0.325 e. The molecule has 8 aromatic rings. The number of Topliss-reactive ketones (excluding diaryl/α,β-unsaturated/α-hetero) is 2.